The van der Waals surface area contributed by atoms with E-state index in [1.54, 1.807) is 6.08 Å². The van der Waals surface area contributed by atoms with E-state index >= 15 is 0 Å². The molecule has 0 fully saturated rings. The molecule has 62 valence electrons. The Morgan fingerprint density at radius 2 is 2.08 bits per heavy atom. The molecule has 0 heterocycles. The van der Waals surface area contributed by atoms with Crippen molar-refractivity contribution in [1.82, 2.24) is 0 Å². The number of ether oxygens (including phenoxy) is 1. The highest BCUT2D eigenvalue weighted by Crippen LogP contribution is 2.00. The zero-order valence-electron chi connectivity index (χ0n) is 6.82. The van der Waals surface area contributed by atoms with Gasteiger partial charge in [0.2, 0.25) is 0 Å². The van der Waals surface area contributed by atoms with Crippen LogP contribution in [0.2, 0.25) is 0 Å². The Labute approximate surface area is 71.4 Å². The summed E-state index contributed by atoms with van der Waals surface area (Å²) >= 11 is 0. The van der Waals surface area contributed by atoms with Crippen LogP contribution in [-0.2, 0) is 4.74 Å². The van der Waals surface area contributed by atoms with Gasteiger partial charge in [-0.3, -0.25) is 0 Å². The quantitative estimate of drug-likeness (QED) is 0.534. The highest BCUT2D eigenvalue weighted by molar-refractivity contribution is 5.47. The molecule has 0 saturated carbocycles. The van der Waals surface area contributed by atoms with E-state index in [0.717, 1.165) is 5.56 Å². The summed E-state index contributed by atoms with van der Waals surface area (Å²) in [7, 11) is 1.39. The van der Waals surface area contributed by atoms with E-state index in [0.29, 0.717) is 0 Å². The van der Waals surface area contributed by atoms with E-state index in [1.165, 1.54) is 7.11 Å². The van der Waals surface area contributed by atoms with Crippen LogP contribution >= 0.6 is 0 Å². The molecule has 0 spiro atoms. The molecule has 0 unspecified atom stereocenters. The predicted molar refractivity (Wildman–Crippen MR) is 47.6 cm³/mol. The first-order chi connectivity index (χ1) is 5.83. The van der Waals surface area contributed by atoms with Crippen LogP contribution in [0.4, 0.5) is 0 Å². The lowest BCUT2D eigenvalue weighted by molar-refractivity contribution is 0.138. The minimum absolute atomic E-state index is 0.209. The third-order valence-corrected chi connectivity index (χ3v) is 1.36. The van der Waals surface area contributed by atoms with Gasteiger partial charge in [0, 0.05) is 0 Å². The van der Waals surface area contributed by atoms with Gasteiger partial charge in [-0.15, -0.1) is 0 Å². The van der Waals surface area contributed by atoms with Crippen LogP contribution in [0.1, 0.15) is 5.56 Å². The van der Waals surface area contributed by atoms with Gasteiger partial charge in [0.05, 0.1) is 7.11 Å². The minimum atomic E-state index is -0.209. The number of rotatable bonds is 2. The van der Waals surface area contributed by atoms with Gasteiger partial charge in [0.1, 0.15) is 0 Å². The van der Waals surface area contributed by atoms with Crippen LogP contribution in [0.5, 0.6) is 0 Å². The molecule has 0 aliphatic carbocycles. The minimum Gasteiger partial charge on any atom is -0.475 e. The van der Waals surface area contributed by atoms with Gasteiger partial charge in [-0.2, -0.15) is 0 Å². The van der Waals surface area contributed by atoms with E-state index < -0.39 is 0 Å². The van der Waals surface area contributed by atoms with E-state index in [-0.39, 0.29) is 5.95 Å². The Hall–Kier alpha value is -1.66. The third-order valence-electron chi connectivity index (χ3n) is 1.36. The average Bonchev–Trinajstić information content (AvgIpc) is 2.16. The van der Waals surface area contributed by atoms with Crippen LogP contribution in [0.25, 0.3) is 6.08 Å². The Bertz CT molecular complexity index is 295. The Morgan fingerprint density at radius 1 is 1.42 bits per heavy atom. The van der Waals surface area contributed by atoms with Gasteiger partial charge >= 0.3 is 5.95 Å². The smallest absolute Gasteiger partial charge is 0.324 e. The van der Waals surface area contributed by atoms with Crippen molar-refractivity contribution in [1.29, 1.82) is 0 Å². The maximum Gasteiger partial charge on any atom is 0.324 e. The second-order valence-corrected chi connectivity index (χ2v) is 2.21. The fourth-order valence-corrected chi connectivity index (χ4v) is 0.753. The summed E-state index contributed by atoms with van der Waals surface area (Å²) in [6.45, 7) is 0. The van der Waals surface area contributed by atoms with Crippen molar-refractivity contribution >= 4 is 6.08 Å². The Morgan fingerprint density at radius 3 is 2.67 bits per heavy atom. The zero-order chi connectivity index (χ0) is 8.81. The number of aliphatic hydroxyl groups excluding tert-OH is 1. The SMILES string of the molecule is COC(O)=C=Cc1ccccc1. The lowest BCUT2D eigenvalue weighted by atomic mass is 10.2. The van der Waals surface area contributed by atoms with Crippen LogP contribution in [0.15, 0.2) is 42.0 Å². The van der Waals surface area contributed by atoms with Crippen LogP contribution < -0.4 is 0 Å². The van der Waals surface area contributed by atoms with Crippen molar-refractivity contribution in [2.45, 2.75) is 0 Å². The predicted octanol–water partition coefficient (Wildman–Crippen LogP) is 2.34. The van der Waals surface area contributed by atoms with Crippen molar-refractivity contribution < 1.29 is 9.84 Å². The summed E-state index contributed by atoms with van der Waals surface area (Å²) in [5.74, 6) is -0.209. The van der Waals surface area contributed by atoms with Crippen LogP contribution in [0.3, 0.4) is 0 Å². The molecule has 0 aliphatic rings. The number of aliphatic hydroxyl groups is 1. The van der Waals surface area contributed by atoms with E-state index in [4.69, 9.17) is 5.11 Å². The van der Waals surface area contributed by atoms with E-state index in [1.807, 2.05) is 30.3 Å². The molecule has 12 heavy (non-hydrogen) atoms. The maximum absolute atomic E-state index is 8.87. The fourth-order valence-electron chi connectivity index (χ4n) is 0.753. The molecule has 1 aromatic rings. The summed E-state index contributed by atoms with van der Waals surface area (Å²) in [5.41, 5.74) is 3.55. The maximum atomic E-state index is 8.87. The van der Waals surface area contributed by atoms with Gasteiger partial charge in [-0.05, 0) is 17.4 Å². The molecule has 0 bridgehead atoms. The first-order valence-electron chi connectivity index (χ1n) is 3.57. The summed E-state index contributed by atoms with van der Waals surface area (Å²) < 4.78 is 4.50. The number of hydrogen-bond donors (Lipinski definition) is 1. The molecule has 0 amide bonds. The highest BCUT2D eigenvalue weighted by Gasteiger charge is 1.83. The molecule has 1 N–H and O–H groups in total. The number of hydrogen-bond acceptors (Lipinski definition) is 2. The molecular weight excluding hydrogens is 152 g/mol. The van der Waals surface area contributed by atoms with Crippen molar-refractivity contribution in [3.8, 4) is 0 Å². The van der Waals surface area contributed by atoms with E-state index in [2.05, 4.69) is 10.5 Å². The highest BCUT2D eigenvalue weighted by atomic mass is 16.6. The molecule has 0 saturated heterocycles. The average molecular weight is 162 g/mol. The van der Waals surface area contributed by atoms with Gasteiger partial charge in [0.25, 0.3) is 0 Å². The second kappa shape index (κ2) is 4.27. The molecule has 2 heteroatoms. The molecule has 0 radical (unpaired) electrons. The Kier molecular flexibility index (Phi) is 3.00. The summed E-state index contributed by atoms with van der Waals surface area (Å²) in [6, 6.07) is 9.58. The standard InChI is InChI=1S/C10H10O2/c1-12-10(11)8-7-9-5-3-2-4-6-9/h2-7,11H,1H3. The van der Waals surface area contributed by atoms with Crippen molar-refractivity contribution in [3.63, 3.8) is 0 Å². The van der Waals surface area contributed by atoms with Crippen molar-refractivity contribution in [2.24, 2.45) is 0 Å². The second-order valence-electron chi connectivity index (χ2n) is 2.21. The van der Waals surface area contributed by atoms with Gasteiger partial charge in [-0.25, -0.2) is 0 Å². The van der Waals surface area contributed by atoms with Gasteiger partial charge in [0.15, 0.2) is 0 Å². The molecule has 1 aromatic carbocycles. The van der Waals surface area contributed by atoms with Gasteiger partial charge in [-0.1, -0.05) is 30.3 Å². The lowest BCUT2D eigenvalue weighted by Gasteiger charge is -1.90. The van der Waals surface area contributed by atoms with E-state index in [9.17, 15) is 0 Å². The third kappa shape index (κ3) is 2.52. The monoisotopic (exact) mass is 162 g/mol. The fraction of sp³-hybridized carbons (Fsp3) is 0.100. The van der Waals surface area contributed by atoms with Crippen molar-refractivity contribution in [2.75, 3.05) is 7.11 Å². The number of methoxy groups -OCH3 is 1. The van der Waals surface area contributed by atoms with Crippen LogP contribution in [0, 0.1) is 0 Å². The summed E-state index contributed by atoms with van der Waals surface area (Å²) in [5, 5.41) is 8.87. The van der Waals surface area contributed by atoms with Crippen LogP contribution in [-0.4, -0.2) is 12.2 Å². The molecule has 0 atom stereocenters. The Balaban J connectivity index is 2.83. The molecule has 0 aliphatic heterocycles. The molecule has 0 aromatic heterocycles. The van der Waals surface area contributed by atoms with Gasteiger partial charge < -0.3 is 9.84 Å². The zero-order valence-corrected chi connectivity index (χ0v) is 6.82. The topological polar surface area (TPSA) is 29.5 Å². The van der Waals surface area contributed by atoms with Crippen molar-refractivity contribution in [3.05, 3.63) is 47.6 Å². The summed E-state index contributed by atoms with van der Waals surface area (Å²) in [4.78, 5) is 0. The molecule has 2 nitrogen and oxygen atoms in total. The molecule has 1 rings (SSSR count). The number of benzene rings is 1. The summed E-state index contributed by atoms with van der Waals surface area (Å²) in [6.07, 6.45) is 1.65. The first kappa shape index (κ1) is 8.44. The normalized spacial score (nSPS) is 8.42. The molecular formula is C10H10O2. The largest absolute Gasteiger partial charge is 0.475 e. The first-order valence-corrected chi connectivity index (χ1v) is 3.57. The lowest BCUT2D eigenvalue weighted by Crippen LogP contribution is -1.78.